The van der Waals surface area contributed by atoms with E-state index in [4.69, 9.17) is 0 Å². The van der Waals surface area contributed by atoms with Crippen LogP contribution in [0.25, 0.3) is 0 Å². The molecule has 0 radical (unpaired) electrons. The summed E-state index contributed by atoms with van der Waals surface area (Å²) in [6.07, 6.45) is 3.99. The van der Waals surface area contributed by atoms with Gasteiger partial charge in [0.05, 0.1) is 11.2 Å². The molecule has 3 nitrogen and oxygen atoms in total. The number of piperidine rings is 1. The van der Waals surface area contributed by atoms with Crippen molar-refractivity contribution in [2.24, 2.45) is 5.92 Å². The van der Waals surface area contributed by atoms with E-state index in [1.807, 2.05) is 5.51 Å². The van der Waals surface area contributed by atoms with Crippen LogP contribution in [0.1, 0.15) is 31.9 Å². The van der Waals surface area contributed by atoms with Gasteiger partial charge in [-0.15, -0.1) is 11.3 Å². The van der Waals surface area contributed by atoms with Crippen molar-refractivity contribution >= 4 is 11.3 Å². The number of nitrogens with zero attached hydrogens (tertiary/aromatic N) is 1. The first-order valence-corrected chi connectivity index (χ1v) is 7.14. The summed E-state index contributed by atoms with van der Waals surface area (Å²) in [5.74, 6) is 0.923. The highest BCUT2D eigenvalue weighted by atomic mass is 32.1. The quantitative estimate of drug-likeness (QED) is 0.825. The van der Waals surface area contributed by atoms with Gasteiger partial charge in [-0.1, -0.05) is 13.3 Å². The van der Waals surface area contributed by atoms with E-state index in [-0.39, 0.29) is 0 Å². The molecule has 0 aliphatic carbocycles. The summed E-state index contributed by atoms with van der Waals surface area (Å²) in [5, 5.41) is 9.17. The molecule has 4 heteroatoms. The average Bonchev–Trinajstić information content (AvgIpc) is 2.82. The zero-order chi connectivity index (χ0) is 11.2. The highest BCUT2D eigenvalue weighted by molar-refractivity contribution is 7.07. The lowest BCUT2D eigenvalue weighted by Gasteiger charge is -2.29. The first-order chi connectivity index (χ1) is 7.88. The number of thiazole rings is 1. The van der Waals surface area contributed by atoms with E-state index < -0.39 is 0 Å². The Morgan fingerprint density at radius 2 is 2.56 bits per heavy atom. The van der Waals surface area contributed by atoms with Crippen molar-refractivity contribution in [2.75, 3.05) is 13.1 Å². The average molecular weight is 239 g/mol. The number of rotatable bonds is 5. The van der Waals surface area contributed by atoms with Crippen molar-refractivity contribution in [3.8, 4) is 0 Å². The van der Waals surface area contributed by atoms with Crippen molar-refractivity contribution in [2.45, 2.75) is 38.8 Å². The summed E-state index contributed by atoms with van der Waals surface area (Å²) >= 11 is 1.66. The van der Waals surface area contributed by atoms with Crippen LogP contribution in [-0.2, 0) is 6.54 Å². The van der Waals surface area contributed by atoms with E-state index >= 15 is 0 Å². The molecule has 2 rings (SSSR count). The van der Waals surface area contributed by atoms with Gasteiger partial charge in [-0.2, -0.15) is 0 Å². The predicted octanol–water partition coefficient (Wildman–Crippen LogP) is 2.01. The molecule has 1 aromatic heterocycles. The largest absolute Gasteiger partial charge is 0.313 e. The van der Waals surface area contributed by atoms with Crippen molar-refractivity contribution in [1.29, 1.82) is 0 Å². The Morgan fingerprint density at radius 3 is 3.31 bits per heavy atom. The lowest BCUT2D eigenvalue weighted by atomic mass is 9.90. The molecule has 2 unspecified atom stereocenters. The van der Waals surface area contributed by atoms with Gasteiger partial charge in [0.15, 0.2) is 0 Å². The molecular formula is C12H21N3S. The van der Waals surface area contributed by atoms with Gasteiger partial charge in [-0.05, 0) is 25.3 Å². The Hall–Kier alpha value is -0.450. The second-order valence-electron chi connectivity index (χ2n) is 4.56. The lowest BCUT2D eigenvalue weighted by Crippen LogP contribution is -2.44. The molecule has 0 spiro atoms. The Balaban J connectivity index is 1.65. The number of hydrogen-bond donors (Lipinski definition) is 2. The van der Waals surface area contributed by atoms with Crippen molar-refractivity contribution in [3.63, 3.8) is 0 Å². The first kappa shape index (κ1) is 12.0. The first-order valence-electron chi connectivity index (χ1n) is 6.19. The van der Waals surface area contributed by atoms with Crippen LogP contribution in [0.4, 0.5) is 0 Å². The van der Waals surface area contributed by atoms with Crippen LogP contribution in [0.2, 0.25) is 0 Å². The third-order valence-electron chi connectivity index (χ3n) is 3.36. The summed E-state index contributed by atoms with van der Waals surface area (Å²) < 4.78 is 0. The van der Waals surface area contributed by atoms with Gasteiger partial charge in [-0.25, -0.2) is 4.98 Å². The van der Waals surface area contributed by atoms with Crippen LogP contribution in [0.15, 0.2) is 10.9 Å². The van der Waals surface area contributed by atoms with Crippen LogP contribution in [0, 0.1) is 5.92 Å². The summed E-state index contributed by atoms with van der Waals surface area (Å²) in [5.41, 5.74) is 3.05. The molecule has 1 aliphatic rings. The van der Waals surface area contributed by atoms with Gasteiger partial charge in [-0.3, -0.25) is 0 Å². The van der Waals surface area contributed by atoms with Gasteiger partial charge < -0.3 is 10.6 Å². The van der Waals surface area contributed by atoms with Crippen LogP contribution >= 0.6 is 11.3 Å². The van der Waals surface area contributed by atoms with E-state index in [1.165, 1.54) is 25.8 Å². The molecule has 0 amide bonds. The topological polar surface area (TPSA) is 37.0 Å². The standard InChI is InChI=1S/C12H21N3S/c1-2-10-3-4-14-11(5-10)6-13-7-12-8-16-9-15-12/h8-11,13-14H,2-7H2,1H3. The minimum absolute atomic E-state index is 0.650. The highest BCUT2D eigenvalue weighted by Crippen LogP contribution is 2.18. The Bertz CT molecular complexity index is 286. The summed E-state index contributed by atoms with van der Waals surface area (Å²) in [7, 11) is 0. The summed E-state index contributed by atoms with van der Waals surface area (Å²) in [6, 6.07) is 0.650. The molecule has 0 aromatic carbocycles. The number of hydrogen-bond acceptors (Lipinski definition) is 4. The molecule has 1 fully saturated rings. The summed E-state index contributed by atoms with van der Waals surface area (Å²) in [6.45, 7) is 5.45. The monoisotopic (exact) mass is 239 g/mol. The smallest absolute Gasteiger partial charge is 0.0795 e. The van der Waals surface area contributed by atoms with Gasteiger partial charge in [0.25, 0.3) is 0 Å². The van der Waals surface area contributed by atoms with Gasteiger partial charge in [0.2, 0.25) is 0 Å². The van der Waals surface area contributed by atoms with Crippen molar-refractivity contribution in [1.82, 2.24) is 15.6 Å². The van der Waals surface area contributed by atoms with Crippen LogP contribution < -0.4 is 10.6 Å². The van der Waals surface area contributed by atoms with E-state index in [0.717, 1.165) is 24.7 Å². The fourth-order valence-corrected chi connectivity index (χ4v) is 2.88. The second-order valence-corrected chi connectivity index (χ2v) is 5.28. The van der Waals surface area contributed by atoms with E-state index in [0.29, 0.717) is 6.04 Å². The molecule has 2 N–H and O–H groups in total. The van der Waals surface area contributed by atoms with Crippen LogP contribution in [0.3, 0.4) is 0 Å². The normalized spacial score (nSPS) is 25.8. The molecule has 1 aliphatic heterocycles. The van der Waals surface area contributed by atoms with Gasteiger partial charge >= 0.3 is 0 Å². The maximum Gasteiger partial charge on any atom is 0.0795 e. The fourth-order valence-electron chi connectivity index (χ4n) is 2.32. The van der Waals surface area contributed by atoms with Gasteiger partial charge in [0.1, 0.15) is 0 Å². The molecule has 2 atom stereocenters. The third kappa shape index (κ3) is 3.54. The molecule has 0 saturated carbocycles. The molecular weight excluding hydrogens is 218 g/mol. The van der Waals surface area contributed by atoms with Gasteiger partial charge in [0, 0.05) is 24.5 Å². The number of aromatic nitrogens is 1. The SMILES string of the molecule is CCC1CCNC(CNCc2cscn2)C1. The van der Waals surface area contributed by atoms with E-state index in [9.17, 15) is 0 Å². The molecule has 1 aromatic rings. The van der Waals surface area contributed by atoms with Crippen molar-refractivity contribution in [3.05, 3.63) is 16.6 Å². The predicted molar refractivity (Wildman–Crippen MR) is 68.6 cm³/mol. The van der Waals surface area contributed by atoms with Crippen molar-refractivity contribution < 1.29 is 0 Å². The Morgan fingerprint density at radius 1 is 1.62 bits per heavy atom. The zero-order valence-electron chi connectivity index (χ0n) is 9.91. The number of nitrogens with one attached hydrogen (secondary N) is 2. The van der Waals surface area contributed by atoms with Crippen LogP contribution in [0.5, 0.6) is 0 Å². The molecule has 0 bridgehead atoms. The molecule has 2 heterocycles. The molecule has 90 valence electrons. The third-order valence-corrected chi connectivity index (χ3v) is 4.00. The van der Waals surface area contributed by atoms with Crippen LogP contribution in [-0.4, -0.2) is 24.1 Å². The van der Waals surface area contributed by atoms with E-state index in [1.54, 1.807) is 11.3 Å². The Labute approximate surface area is 102 Å². The maximum absolute atomic E-state index is 4.27. The minimum atomic E-state index is 0.650. The fraction of sp³-hybridized carbons (Fsp3) is 0.750. The van der Waals surface area contributed by atoms with E-state index in [2.05, 4.69) is 27.9 Å². The Kier molecular flexibility index (Phi) is 4.75. The lowest BCUT2D eigenvalue weighted by molar-refractivity contribution is 0.288. The molecule has 1 saturated heterocycles. The second kappa shape index (κ2) is 6.33. The highest BCUT2D eigenvalue weighted by Gasteiger charge is 2.19. The maximum atomic E-state index is 4.27. The zero-order valence-corrected chi connectivity index (χ0v) is 10.7. The minimum Gasteiger partial charge on any atom is -0.313 e. The summed E-state index contributed by atoms with van der Waals surface area (Å²) in [4.78, 5) is 4.27. The molecule has 16 heavy (non-hydrogen) atoms.